The number of ether oxygens (including phenoxy) is 3. The molecule has 0 fully saturated rings. The van der Waals surface area contributed by atoms with Crippen LogP contribution in [0, 0.1) is 0 Å². The maximum Gasteiger partial charge on any atom is 0.203 e. The second-order valence-corrected chi connectivity index (χ2v) is 4.43. The van der Waals surface area contributed by atoms with E-state index in [2.05, 4.69) is 10.4 Å². The highest BCUT2D eigenvalue weighted by molar-refractivity contribution is 5.56. The van der Waals surface area contributed by atoms with Crippen LogP contribution in [0.2, 0.25) is 0 Å². The number of hydrogen-bond acceptors (Lipinski definition) is 5. The van der Waals surface area contributed by atoms with Gasteiger partial charge in [0.25, 0.3) is 0 Å². The maximum atomic E-state index is 5.46. The number of nitrogens with one attached hydrogen (secondary N) is 1. The standard InChI is InChI=1S/C15H21N3O3/c1-5-18-10-12(9-17-18)16-8-11-6-7-13(19-2)15(21-4)14(11)20-3/h6-7,9-10,16H,5,8H2,1-4H3. The van der Waals surface area contributed by atoms with E-state index in [0.29, 0.717) is 23.8 Å². The zero-order valence-electron chi connectivity index (χ0n) is 12.8. The lowest BCUT2D eigenvalue weighted by Gasteiger charge is -2.16. The molecule has 21 heavy (non-hydrogen) atoms. The van der Waals surface area contributed by atoms with Gasteiger partial charge >= 0.3 is 0 Å². The first-order valence-corrected chi connectivity index (χ1v) is 6.77. The van der Waals surface area contributed by atoms with E-state index in [1.807, 2.05) is 29.9 Å². The van der Waals surface area contributed by atoms with E-state index >= 15 is 0 Å². The molecule has 1 N–H and O–H groups in total. The molecule has 2 aromatic rings. The van der Waals surface area contributed by atoms with Gasteiger partial charge in [-0.05, 0) is 19.1 Å². The molecule has 0 unspecified atom stereocenters. The van der Waals surface area contributed by atoms with Crippen LogP contribution >= 0.6 is 0 Å². The molecule has 0 atom stereocenters. The third-order valence-electron chi connectivity index (χ3n) is 3.23. The Morgan fingerprint density at radius 1 is 1.10 bits per heavy atom. The summed E-state index contributed by atoms with van der Waals surface area (Å²) in [7, 11) is 4.83. The zero-order chi connectivity index (χ0) is 15.2. The van der Waals surface area contributed by atoms with Gasteiger partial charge in [-0.2, -0.15) is 5.10 Å². The van der Waals surface area contributed by atoms with Crippen LogP contribution in [0.1, 0.15) is 12.5 Å². The summed E-state index contributed by atoms with van der Waals surface area (Å²) in [5.74, 6) is 1.92. The lowest BCUT2D eigenvalue weighted by molar-refractivity contribution is 0.322. The SMILES string of the molecule is CCn1cc(NCc2ccc(OC)c(OC)c2OC)cn1. The molecule has 0 aliphatic carbocycles. The summed E-state index contributed by atoms with van der Waals surface area (Å²) < 4.78 is 18.0. The van der Waals surface area contributed by atoms with E-state index in [-0.39, 0.29) is 0 Å². The molecule has 1 aromatic carbocycles. The highest BCUT2D eigenvalue weighted by Crippen LogP contribution is 2.39. The Morgan fingerprint density at radius 2 is 1.86 bits per heavy atom. The molecule has 0 radical (unpaired) electrons. The fourth-order valence-electron chi connectivity index (χ4n) is 2.13. The first kappa shape index (κ1) is 15.0. The molecule has 0 aliphatic heterocycles. The van der Waals surface area contributed by atoms with Crippen molar-refractivity contribution in [3.05, 3.63) is 30.1 Å². The second-order valence-electron chi connectivity index (χ2n) is 4.43. The van der Waals surface area contributed by atoms with E-state index < -0.39 is 0 Å². The fraction of sp³-hybridized carbons (Fsp3) is 0.400. The van der Waals surface area contributed by atoms with Gasteiger partial charge in [0.1, 0.15) is 0 Å². The lowest BCUT2D eigenvalue weighted by atomic mass is 10.1. The number of aromatic nitrogens is 2. The van der Waals surface area contributed by atoms with Crippen molar-refractivity contribution < 1.29 is 14.2 Å². The van der Waals surface area contributed by atoms with Crippen LogP contribution in [0.3, 0.4) is 0 Å². The second kappa shape index (κ2) is 6.88. The molecule has 0 saturated carbocycles. The predicted octanol–water partition coefficient (Wildman–Crippen LogP) is 2.54. The topological polar surface area (TPSA) is 57.5 Å². The van der Waals surface area contributed by atoms with Gasteiger partial charge in [0.05, 0.1) is 33.2 Å². The monoisotopic (exact) mass is 291 g/mol. The van der Waals surface area contributed by atoms with Crippen molar-refractivity contribution in [2.75, 3.05) is 26.6 Å². The molecule has 1 aromatic heterocycles. The van der Waals surface area contributed by atoms with Crippen LogP contribution in [0.4, 0.5) is 5.69 Å². The lowest BCUT2D eigenvalue weighted by Crippen LogP contribution is -2.03. The van der Waals surface area contributed by atoms with Gasteiger partial charge in [-0.3, -0.25) is 4.68 Å². The van der Waals surface area contributed by atoms with Crippen LogP contribution in [0.15, 0.2) is 24.5 Å². The number of nitrogens with zero attached hydrogens (tertiary/aromatic N) is 2. The van der Waals surface area contributed by atoms with Crippen LogP contribution in [-0.4, -0.2) is 31.1 Å². The first-order chi connectivity index (χ1) is 10.2. The third-order valence-corrected chi connectivity index (χ3v) is 3.23. The van der Waals surface area contributed by atoms with Gasteiger partial charge in [-0.25, -0.2) is 0 Å². The average molecular weight is 291 g/mol. The van der Waals surface area contributed by atoms with E-state index in [0.717, 1.165) is 17.8 Å². The number of benzene rings is 1. The van der Waals surface area contributed by atoms with E-state index in [1.165, 1.54) is 0 Å². The Balaban J connectivity index is 2.19. The van der Waals surface area contributed by atoms with Crippen LogP contribution < -0.4 is 19.5 Å². The number of anilines is 1. The summed E-state index contributed by atoms with van der Waals surface area (Å²) in [5.41, 5.74) is 1.95. The summed E-state index contributed by atoms with van der Waals surface area (Å²) in [4.78, 5) is 0. The summed E-state index contributed by atoms with van der Waals surface area (Å²) in [5, 5.41) is 7.55. The molecule has 0 saturated heterocycles. The van der Waals surface area contributed by atoms with Gasteiger partial charge in [-0.15, -0.1) is 0 Å². The number of aryl methyl sites for hydroxylation is 1. The fourth-order valence-corrected chi connectivity index (χ4v) is 2.13. The van der Waals surface area contributed by atoms with Gasteiger partial charge in [0.15, 0.2) is 11.5 Å². The highest BCUT2D eigenvalue weighted by Gasteiger charge is 2.15. The van der Waals surface area contributed by atoms with Gasteiger partial charge in [0, 0.05) is 24.8 Å². The quantitative estimate of drug-likeness (QED) is 0.849. The molecular formula is C15H21N3O3. The van der Waals surface area contributed by atoms with Gasteiger partial charge in [-0.1, -0.05) is 0 Å². The molecule has 1 heterocycles. The highest BCUT2D eigenvalue weighted by atomic mass is 16.5. The van der Waals surface area contributed by atoms with E-state index in [9.17, 15) is 0 Å². The van der Waals surface area contributed by atoms with Gasteiger partial charge in [0.2, 0.25) is 5.75 Å². The van der Waals surface area contributed by atoms with Crippen molar-refractivity contribution in [1.29, 1.82) is 0 Å². The Morgan fingerprint density at radius 3 is 2.43 bits per heavy atom. The first-order valence-electron chi connectivity index (χ1n) is 6.77. The van der Waals surface area contributed by atoms with Crippen LogP contribution in [0.25, 0.3) is 0 Å². The average Bonchev–Trinajstić information content (AvgIpc) is 2.99. The summed E-state index contributed by atoms with van der Waals surface area (Å²) in [6.07, 6.45) is 3.77. The Bertz CT molecular complexity index is 596. The molecular weight excluding hydrogens is 270 g/mol. The summed E-state index contributed by atoms with van der Waals surface area (Å²) in [6.45, 7) is 3.51. The third kappa shape index (κ3) is 3.21. The smallest absolute Gasteiger partial charge is 0.203 e. The molecule has 6 heteroatoms. The zero-order valence-corrected chi connectivity index (χ0v) is 12.8. The minimum absolute atomic E-state index is 0.601. The molecule has 0 bridgehead atoms. The molecule has 6 nitrogen and oxygen atoms in total. The Labute approximate surface area is 124 Å². The minimum atomic E-state index is 0.601. The van der Waals surface area contributed by atoms with Crippen molar-refractivity contribution in [3.63, 3.8) is 0 Å². The Hall–Kier alpha value is -2.37. The molecule has 114 valence electrons. The van der Waals surface area contributed by atoms with Crippen molar-refractivity contribution in [3.8, 4) is 17.2 Å². The van der Waals surface area contributed by atoms with Crippen LogP contribution in [-0.2, 0) is 13.1 Å². The summed E-state index contributed by atoms with van der Waals surface area (Å²) >= 11 is 0. The van der Waals surface area contributed by atoms with Crippen molar-refractivity contribution in [1.82, 2.24) is 9.78 Å². The maximum absolute atomic E-state index is 5.46. The number of rotatable bonds is 7. The summed E-state index contributed by atoms with van der Waals surface area (Å²) in [6, 6.07) is 3.82. The molecule has 0 amide bonds. The number of methoxy groups -OCH3 is 3. The largest absolute Gasteiger partial charge is 0.493 e. The van der Waals surface area contributed by atoms with Gasteiger partial charge < -0.3 is 19.5 Å². The van der Waals surface area contributed by atoms with E-state index in [1.54, 1.807) is 27.5 Å². The molecule has 0 aliphatic rings. The van der Waals surface area contributed by atoms with Crippen molar-refractivity contribution >= 4 is 5.69 Å². The minimum Gasteiger partial charge on any atom is -0.493 e. The normalized spacial score (nSPS) is 10.3. The van der Waals surface area contributed by atoms with E-state index in [4.69, 9.17) is 14.2 Å². The van der Waals surface area contributed by atoms with Crippen LogP contribution in [0.5, 0.6) is 17.2 Å². The Kier molecular flexibility index (Phi) is 4.92. The van der Waals surface area contributed by atoms with Crippen molar-refractivity contribution in [2.24, 2.45) is 0 Å². The predicted molar refractivity (Wildman–Crippen MR) is 81.3 cm³/mol. The number of hydrogen-bond donors (Lipinski definition) is 1. The molecule has 0 spiro atoms. The molecule has 2 rings (SSSR count). The van der Waals surface area contributed by atoms with Crippen molar-refractivity contribution in [2.45, 2.75) is 20.0 Å².